The van der Waals surface area contributed by atoms with Crippen molar-refractivity contribution in [1.29, 1.82) is 0 Å². The van der Waals surface area contributed by atoms with E-state index in [1.807, 2.05) is 17.9 Å². The van der Waals surface area contributed by atoms with Gasteiger partial charge < -0.3 is 10.3 Å². The standard InChI is InChI=1S/C14H21N5/c1-4-11-10(8-18(3)17-11)13-14(15)19-6-5-9(2)7-12(19)16-13/h8-9H,4-7,15H2,1-3H3. The largest absolute Gasteiger partial charge is 0.383 e. The van der Waals surface area contributed by atoms with Crippen LogP contribution in [0.25, 0.3) is 11.3 Å². The molecule has 0 radical (unpaired) electrons. The fourth-order valence-corrected chi connectivity index (χ4v) is 2.87. The zero-order valence-corrected chi connectivity index (χ0v) is 11.8. The highest BCUT2D eigenvalue weighted by atomic mass is 15.3. The van der Waals surface area contributed by atoms with Crippen molar-refractivity contribution < 1.29 is 0 Å². The molecular formula is C14H21N5. The molecule has 5 heteroatoms. The van der Waals surface area contributed by atoms with E-state index in [-0.39, 0.29) is 0 Å². The molecule has 0 fully saturated rings. The van der Waals surface area contributed by atoms with Gasteiger partial charge in [0.15, 0.2) is 0 Å². The summed E-state index contributed by atoms with van der Waals surface area (Å²) in [6, 6.07) is 0. The van der Waals surface area contributed by atoms with Gasteiger partial charge in [0.25, 0.3) is 0 Å². The minimum Gasteiger partial charge on any atom is -0.383 e. The van der Waals surface area contributed by atoms with Crippen LogP contribution in [0.5, 0.6) is 0 Å². The van der Waals surface area contributed by atoms with Crippen molar-refractivity contribution >= 4 is 5.82 Å². The van der Waals surface area contributed by atoms with Gasteiger partial charge in [-0.3, -0.25) is 4.68 Å². The van der Waals surface area contributed by atoms with Crippen LogP contribution in [0.2, 0.25) is 0 Å². The molecule has 1 aliphatic rings. The third-order valence-corrected chi connectivity index (χ3v) is 3.96. The maximum absolute atomic E-state index is 6.30. The first-order valence-corrected chi connectivity index (χ1v) is 6.98. The molecule has 0 bridgehead atoms. The van der Waals surface area contributed by atoms with Gasteiger partial charge in [-0.05, 0) is 18.8 Å². The number of aromatic nitrogens is 4. The maximum atomic E-state index is 6.30. The van der Waals surface area contributed by atoms with E-state index in [0.717, 1.165) is 48.0 Å². The average molecular weight is 259 g/mol. The fraction of sp³-hybridized carbons (Fsp3) is 0.571. The molecule has 1 aliphatic heterocycles. The predicted octanol–water partition coefficient (Wildman–Crippen LogP) is 2.01. The highest BCUT2D eigenvalue weighted by Crippen LogP contribution is 2.32. The van der Waals surface area contributed by atoms with Gasteiger partial charge in [0.1, 0.15) is 17.3 Å². The van der Waals surface area contributed by atoms with E-state index in [4.69, 9.17) is 10.7 Å². The van der Waals surface area contributed by atoms with Gasteiger partial charge in [0, 0.05) is 31.8 Å². The average Bonchev–Trinajstić information content (AvgIpc) is 2.90. The van der Waals surface area contributed by atoms with Crippen LogP contribution in [-0.2, 0) is 26.4 Å². The van der Waals surface area contributed by atoms with Crippen LogP contribution in [0.4, 0.5) is 5.82 Å². The molecule has 2 aromatic heterocycles. The number of hydrogen-bond acceptors (Lipinski definition) is 3. The van der Waals surface area contributed by atoms with Crippen molar-refractivity contribution in [1.82, 2.24) is 19.3 Å². The van der Waals surface area contributed by atoms with Crippen LogP contribution in [0.1, 0.15) is 31.8 Å². The van der Waals surface area contributed by atoms with E-state index in [9.17, 15) is 0 Å². The van der Waals surface area contributed by atoms with Gasteiger partial charge >= 0.3 is 0 Å². The molecule has 1 atom stereocenters. The molecule has 3 heterocycles. The van der Waals surface area contributed by atoms with Crippen LogP contribution in [0.15, 0.2) is 6.20 Å². The summed E-state index contributed by atoms with van der Waals surface area (Å²) in [5.41, 5.74) is 9.36. The molecule has 3 rings (SSSR count). The Labute approximate surface area is 113 Å². The van der Waals surface area contributed by atoms with Crippen molar-refractivity contribution in [2.75, 3.05) is 5.73 Å². The number of aryl methyl sites for hydroxylation is 2. The molecule has 1 unspecified atom stereocenters. The van der Waals surface area contributed by atoms with E-state index in [1.165, 1.54) is 6.42 Å². The van der Waals surface area contributed by atoms with Crippen molar-refractivity contribution in [2.45, 2.75) is 39.7 Å². The number of rotatable bonds is 2. The summed E-state index contributed by atoms with van der Waals surface area (Å²) < 4.78 is 4.01. The lowest BCUT2D eigenvalue weighted by Crippen LogP contribution is -2.18. The van der Waals surface area contributed by atoms with Gasteiger partial charge in [0.2, 0.25) is 0 Å². The summed E-state index contributed by atoms with van der Waals surface area (Å²) in [4.78, 5) is 4.78. The van der Waals surface area contributed by atoms with Gasteiger partial charge in [-0.25, -0.2) is 4.98 Å². The van der Waals surface area contributed by atoms with Crippen LogP contribution in [-0.4, -0.2) is 19.3 Å². The number of imidazole rings is 1. The topological polar surface area (TPSA) is 61.7 Å². The number of hydrogen-bond donors (Lipinski definition) is 1. The van der Waals surface area contributed by atoms with Crippen LogP contribution in [0, 0.1) is 5.92 Å². The Hall–Kier alpha value is -1.78. The fourth-order valence-electron chi connectivity index (χ4n) is 2.87. The Kier molecular flexibility index (Phi) is 2.84. The first-order chi connectivity index (χ1) is 9.10. The van der Waals surface area contributed by atoms with E-state index in [2.05, 4.69) is 23.5 Å². The quantitative estimate of drug-likeness (QED) is 0.897. The smallest absolute Gasteiger partial charge is 0.131 e. The first kappa shape index (κ1) is 12.3. The Morgan fingerprint density at radius 3 is 3.00 bits per heavy atom. The zero-order valence-electron chi connectivity index (χ0n) is 11.8. The summed E-state index contributed by atoms with van der Waals surface area (Å²) in [5, 5.41) is 4.48. The minimum absolute atomic E-state index is 0.696. The molecule has 0 amide bonds. The van der Waals surface area contributed by atoms with Gasteiger partial charge in [0.05, 0.1) is 5.69 Å². The number of fused-ring (bicyclic) bond motifs is 1. The molecule has 0 spiro atoms. The predicted molar refractivity (Wildman–Crippen MR) is 75.7 cm³/mol. The lowest BCUT2D eigenvalue weighted by molar-refractivity contribution is 0.412. The lowest BCUT2D eigenvalue weighted by atomic mass is 10.0. The monoisotopic (exact) mass is 259 g/mol. The van der Waals surface area contributed by atoms with E-state index in [1.54, 1.807) is 0 Å². The molecule has 102 valence electrons. The Balaban J connectivity index is 2.11. The van der Waals surface area contributed by atoms with Crippen molar-refractivity contribution in [3.8, 4) is 11.3 Å². The summed E-state index contributed by atoms with van der Waals surface area (Å²) in [6.45, 7) is 5.37. The number of nitrogens with two attached hydrogens (primary N) is 1. The zero-order chi connectivity index (χ0) is 13.6. The molecule has 0 saturated carbocycles. The normalized spacial score (nSPS) is 18.6. The Morgan fingerprint density at radius 2 is 2.26 bits per heavy atom. The number of nitrogen functional groups attached to an aromatic ring is 1. The molecule has 0 saturated heterocycles. The van der Waals surface area contributed by atoms with Gasteiger partial charge in [-0.1, -0.05) is 13.8 Å². The second-order valence-electron chi connectivity index (χ2n) is 5.53. The van der Waals surface area contributed by atoms with Crippen LogP contribution >= 0.6 is 0 Å². The maximum Gasteiger partial charge on any atom is 0.131 e. The molecule has 2 aromatic rings. The van der Waals surface area contributed by atoms with Gasteiger partial charge in [-0.2, -0.15) is 5.10 Å². The molecule has 0 aliphatic carbocycles. The SMILES string of the molecule is CCc1nn(C)cc1-c1nc2n(c1N)CCC(C)C2. The second kappa shape index (κ2) is 4.40. The van der Waals surface area contributed by atoms with Crippen molar-refractivity contribution in [3.05, 3.63) is 17.7 Å². The summed E-state index contributed by atoms with van der Waals surface area (Å²) in [5.74, 6) is 2.61. The first-order valence-electron chi connectivity index (χ1n) is 6.98. The molecule has 2 N–H and O–H groups in total. The summed E-state index contributed by atoms with van der Waals surface area (Å²) >= 11 is 0. The van der Waals surface area contributed by atoms with Crippen LogP contribution < -0.4 is 5.73 Å². The molecule has 0 aromatic carbocycles. The molecule has 5 nitrogen and oxygen atoms in total. The summed E-state index contributed by atoms with van der Waals surface area (Å²) in [6.07, 6.45) is 5.12. The van der Waals surface area contributed by atoms with Crippen molar-refractivity contribution in [3.63, 3.8) is 0 Å². The number of anilines is 1. The number of nitrogens with zero attached hydrogens (tertiary/aromatic N) is 4. The highest BCUT2D eigenvalue weighted by molar-refractivity contribution is 5.72. The molecular weight excluding hydrogens is 238 g/mol. The third-order valence-electron chi connectivity index (χ3n) is 3.96. The van der Waals surface area contributed by atoms with E-state index < -0.39 is 0 Å². The minimum atomic E-state index is 0.696. The van der Waals surface area contributed by atoms with Crippen molar-refractivity contribution in [2.24, 2.45) is 13.0 Å². The lowest BCUT2D eigenvalue weighted by Gasteiger charge is -2.20. The molecule has 19 heavy (non-hydrogen) atoms. The highest BCUT2D eigenvalue weighted by Gasteiger charge is 2.24. The second-order valence-corrected chi connectivity index (χ2v) is 5.53. The van der Waals surface area contributed by atoms with Gasteiger partial charge in [-0.15, -0.1) is 0 Å². The van der Waals surface area contributed by atoms with Crippen LogP contribution in [0.3, 0.4) is 0 Å². The Bertz CT molecular complexity index is 608. The van der Waals surface area contributed by atoms with E-state index in [0.29, 0.717) is 5.92 Å². The van der Waals surface area contributed by atoms with E-state index >= 15 is 0 Å². The third kappa shape index (κ3) is 1.93. The summed E-state index contributed by atoms with van der Waals surface area (Å²) in [7, 11) is 1.94. The Morgan fingerprint density at radius 1 is 1.47 bits per heavy atom.